The van der Waals surface area contributed by atoms with Gasteiger partial charge in [0.2, 0.25) is 0 Å². The fourth-order valence-electron chi connectivity index (χ4n) is 2.55. The quantitative estimate of drug-likeness (QED) is 0.229. The van der Waals surface area contributed by atoms with Crippen molar-refractivity contribution in [3.8, 4) is 0 Å². The molecule has 22 heavy (non-hydrogen) atoms. The SMILES string of the molecule is CCCCCCCCCCCCCCCC(=O)OCC[NH3+].[I-]. The topological polar surface area (TPSA) is 53.9 Å². The van der Waals surface area contributed by atoms with Crippen molar-refractivity contribution in [3.05, 3.63) is 0 Å². The molecule has 0 saturated carbocycles. The van der Waals surface area contributed by atoms with Gasteiger partial charge in [-0.2, -0.15) is 0 Å². The molecule has 4 heteroatoms. The van der Waals surface area contributed by atoms with Crippen LogP contribution in [0.15, 0.2) is 0 Å². The van der Waals surface area contributed by atoms with Crippen molar-refractivity contribution < 1.29 is 39.2 Å². The van der Waals surface area contributed by atoms with E-state index in [0.29, 0.717) is 19.6 Å². The number of unbranched alkanes of at least 4 members (excludes halogenated alkanes) is 12. The van der Waals surface area contributed by atoms with Crippen LogP contribution < -0.4 is 29.7 Å². The molecule has 0 unspecified atom stereocenters. The number of halogens is 1. The second-order valence-corrected chi connectivity index (χ2v) is 6.07. The molecule has 0 fully saturated rings. The fourth-order valence-corrected chi connectivity index (χ4v) is 2.55. The summed E-state index contributed by atoms with van der Waals surface area (Å²) in [6.45, 7) is 3.41. The van der Waals surface area contributed by atoms with Crippen LogP contribution >= 0.6 is 0 Å². The Kier molecular flexibility index (Phi) is 23.5. The Morgan fingerprint density at radius 3 is 1.59 bits per heavy atom. The first kappa shape index (κ1) is 24.4. The molecule has 0 atom stereocenters. The zero-order valence-corrected chi connectivity index (χ0v) is 16.9. The van der Waals surface area contributed by atoms with Gasteiger partial charge in [0.25, 0.3) is 0 Å². The maximum absolute atomic E-state index is 11.3. The number of ether oxygens (including phenoxy) is 1. The molecule has 3 N–H and O–H groups in total. The lowest BCUT2D eigenvalue weighted by atomic mass is 10.0. The molecule has 0 aromatic heterocycles. The molecule has 0 radical (unpaired) electrons. The lowest BCUT2D eigenvalue weighted by Crippen LogP contribution is -3.00. The number of carbonyl (C=O) groups excluding carboxylic acids is 1. The van der Waals surface area contributed by atoms with Gasteiger partial charge in [-0.05, 0) is 6.42 Å². The highest BCUT2D eigenvalue weighted by Gasteiger charge is 2.01. The summed E-state index contributed by atoms with van der Waals surface area (Å²) in [5.74, 6) is -0.0540. The van der Waals surface area contributed by atoms with Crippen LogP contribution in [0, 0.1) is 0 Å². The fraction of sp³-hybridized carbons (Fsp3) is 0.944. The predicted octanol–water partition coefficient (Wildman–Crippen LogP) is 1.26. The Labute approximate surface area is 155 Å². The number of rotatable bonds is 16. The van der Waals surface area contributed by atoms with Crippen molar-refractivity contribution in [2.24, 2.45) is 0 Å². The molecular weight excluding hydrogens is 389 g/mol. The van der Waals surface area contributed by atoms with Crippen molar-refractivity contribution in [2.45, 2.75) is 96.8 Å². The van der Waals surface area contributed by atoms with Crippen LogP contribution in [0.4, 0.5) is 0 Å². The highest BCUT2D eigenvalue weighted by atomic mass is 127. The first-order chi connectivity index (χ1) is 10.3. The molecule has 0 aromatic rings. The van der Waals surface area contributed by atoms with E-state index in [9.17, 15) is 4.79 Å². The molecule has 0 aliphatic rings. The average molecular weight is 427 g/mol. The molecule has 3 nitrogen and oxygen atoms in total. The van der Waals surface area contributed by atoms with Gasteiger partial charge in [0.05, 0.1) is 0 Å². The van der Waals surface area contributed by atoms with Crippen molar-refractivity contribution in [1.82, 2.24) is 0 Å². The molecule has 0 spiro atoms. The standard InChI is InChI=1S/C18H37NO2.HI/c1-2-3-4-5-6-7-8-9-10-11-12-13-14-15-18(20)21-17-16-19;/h2-17,19H2,1H3;1H. The van der Waals surface area contributed by atoms with E-state index in [0.717, 1.165) is 12.8 Å². The summed E-state index contributed by atoms with van der Waals surface area (Å²) in [5.41, 5.74) is 3.65. The van der Waals surface area contributed by atoms with Crippen LogP contribution in [0.2, 0.25) is 0 Å². The smallest absolute Gasteiger partial charge is 0.305 e. The molecule has 0 aliphatic heterocycles. The second-order valence-electron chi connectivity index (χ2n) is 6.07. The number of carbonyl (C=O) groups is 1. The molecule has 0 aliphatic carbocycles. The molecule has 0 aromatic carbocycles. The van der Waals surface area contributed by atoms with Gasteiger partial charge in [-0.25, -0.2) is 0 Å². The Morgan fingerprint density at radius 2 is 1.18 bits per heavy atom. The maximum atomic E-state index is 11.3. The number of quaternary nitrogens is 1. The van der Waals surface area contributed by atoms with E-state index in [2.05, 4.69) is 12.7 Å². The molecular formula is C18H38INO2. The summed E-state index contributed by atoms with van der Waals surface area (Å²) >= 11 is 0. The molecule has 0 heterocycles. The van der Waals surface area contributed by atoms with E-state index in [-0.39, 0.29) is 29.9 Å². The zero-order chi connectivity index (χ0) is 15.6. The molecule has 0 amide bonds. The van der Waals surface area contributed by atoms with Gasteiger partial charge in [-0.15, -0.1) is 0 Å². The van der Waals surface area contributed by atoms with Gasteiger partial charge >= 0.3 is 5.97 Å². The number of hydrogen-bond donors (Lipinski definition) is 1. The first-order valence-corrected chi connectivity index (χ1v) is 9.26. The van der Waals surface area contributed by atoms with E-state index in [4.69, 9.17) is 4.74 Å². The predicted molar refractivity (Wildman–Crippen MR) is 89.0 cm³/mol. The monoisotopic (exact) mass is 427 g/mol. The van der Waals surface area contributed by atoms with Gasteiger partial charge in [0.15, 0.2) is 0 Å². The molecule has 134 valence electrons. The lowest BCUT2D eigenvalue weighted by Gasteiger charge is -2.03. The summed E-state index contributed by atoms with van der Waals surface area (Å²) in [7, 11) is 0. The largest absolute Gasteiger partial charge is 1.00 e. The van der Waals surface area contributed by atoms with E-state index in [1.165, 1.54) is 70.6 Å². The lowest BCUT2D eigenvalue weighted by molar-refractivity contribution is -0.372. The van der Waals surface area contributed by atoms with Gasteiger partial charge in [0.1, 0.15) is 13.2 Å². The van der Waals surface area contributed by atoms with E-state index < -0.39 is 0 Å². The minimum absolute atomic E-state index is 0. The average Bonchev–Trinajstić information content (AvgIpc) is 2.49. The van der Waals surface area contributed by atoms with Crippen molar-refractivity contribution in [3.63, 3.8) is 0 Å². The normalized spacial score (nSPS) is 10.3. The summed E-state index contributed by atoms with van der Waals surface area (Å²) in [6.07, 6.45) is 17.9. The Morgan fingerprint density at radius 1 is 0.773 bits per heavy atom. The summed E-state index contributed by atoms with van der Waals surface area (Å²) < 4.78 is 5.00. The highest BCUT2D eigenvalue weighted by molar-refractivity contribution is 5.69. The van der Waals surface area contributed by atoms with Gasteiger partial charge in [-0.3, -0.25) is 4.79 Å². The number of esters is 1. The summed E-state index contributed by atoms with van der Waals surface area (Å²) in [4.78, 5) is 11.3. The third-order valence-corrected chi connectivity index (χ3v) is 3.89. The van der Waals surface area contributed by atoms with Crippen LogP contribution in [-0.2, 0) is 9.53 Å². The third kappa shape index (κ3) is 20.2. The van der Waals surface area contributed by atoms with Crippen LogP contribution in [0.5, 0.6) is 0 Å². The van der Waals surface area contributed by atoms with Gasteiger partial charge in [0, 0.05) is 6.42 Å². The van der Waals surface area contributed by atoms with Crippen LogP contribution in [0.1, 0.15) is 96.8 Å². The zero-order valence-electron chi connectivity index (χ0n) is 14.7. The minimum Gasteiger partial charge on any atom is -1.00 e. The van der Waals surface area contributed by atoms with E-state index >= 15 is 0 Å². The Bertz CT molecular complexity index is 225. The van der Waals surface area contributed by atoms with Crippen molar-refractivity contribution >= 4 is 5.97 Å². The maximum Gasteiger partial charge on any atom is 0.305 e. The molecule has 0 saturated heterocycles. The summed E-state index contributed by atoms with van der Waals surface area (Å²) in [5, 5.41) is 0. The molecule has 0 bridgehead atoms. The van der Waals surface area contributed by atoms with Crippen LogP contribution in [-0.4, -0.2) is 19.1 Å². The first-order valence-electron chi connectivity index (χ1n) is 9.26. The van der Waals surface area contributed by atoms with Gasteiger partial charge < -0.3 is 34.4 Å². The second kappa shape index (κ2) is 21.2. The van der Waals surface area contributed by atoms with Crippen molar-refractivity contribution in [1.29, 1.82) is 0 Å². The Balaban J connectivity index is 0. The highest BCUT2D eigenvalue weighted by Crippen LogP contribution is 2.12. The van der Waals surface area contributed by atoms with Crippen LogP contribution in [0.25, 0.3) is 0 Å². The van der Waals surface area contributed by atoms with E-state index in [1.54, 1.807) is 0 Å². The van der Waals surface area contributed by atoms with E-state index in [1.807, 2.05) is 0 Å². The number of hydrogen-bond acceptors (Lipinski definition) is 2. The Hall–Kier alpha value is 0.160. The van der Waals surface area contributed by atoms with Gasteiger partial charge in [-0.1, -0.05) is 84.0 Å². The van der Waals surface area contributed by atoms with Crippen LogP contribution in [0.3, 0.4) is 0 Å². The van der Waals surface area contributed by atoms with Crippen molar-refractivity contribution in [2.75, 3.05) is 13.2 Å². The third-order valence-electron chi connectivity index (χ3n) is 3.89. The summed E-state index contributed by atoms with van der Waals surface area (Å²) in [6, 6.07) is 0. The minimum atomic E-state index is -0.0540. The molecule has 0 rings (SSSR count).